The van der Waals surface area contributed by atoms with Crippen LogP contribution >= 0.6 is 0 Å². The number of nitrogens with one attached hydrogen (secondary N) is 2. The Morgan fingerprint density at radius 1 is 1.14 bits per heavy atom. The summed E-state index contributed by atoms with van der Waals surface area (Å²) in [5.74, 6) is -0.721. The zero-order valence-electron chi connectivity index (χ0n) is 12.8. The first-order chi connectivity index (χ1) is 10.4. The summed E-state index contributed by atoms with van der Waals surface area (Å²) in [4.78, 5) is 34.7. The second-order valence-corrected chi connectivity index (χ2v) is 4.18. The summed E-state index contributed by atoms with van der Waals surface area (Å²) < 4.78 is 15.1. The van der Waals surface area contributed by atoms with Gasteiger partial charge in [0.2, 0.25) is 0 Å². The lowest BCUT2D eigenvalue weighted by atomic mass is 10.2. The van der Waals surface area contributed by atoms with Crippen molar-refractivity contribution >= 4 is 17.9 Å². The molecule has 0 spiro atoms. The SMILES string of the molecule is CNC(=O)NC(=O)C(C)OC(=O)c1ccc(OC)cc1OC. The van der Waals surface area contributed by atoms with Gasteiger partial charge in [-0.3, -0.25) is 10.1 Å². The van der Waals surface area contributed by atoms with Crippen molar-refractivity contribution in [2.45, 2.75) is 13.0 Å². The summed E-state index contributed by atoms with van der Waals surface area (Å²) in [6.45, 7) is 1.35. The van der Waals surface area contributed by atoms with Crippen LogP contribution in [0.25, 0.3) is 0 Å². The van der Waals surface area contributed by atoms with Gasteiger partial charge in [-0.15, -0.1) is 0 Å². The van der Waals surface area contributed by atoms with E-state index >= 15 is 0 Å². The van der Waals surface area contributed by atoms with E-state index in [2.05, 4.69) is 5.32 Å². The summed E-state index contributed by atoms with van der Waals surface area (Å²) in [5, 5.41) is 4.24. The smallest absolute Gasteiger partial charge is 0.342 e. The molecule has 120 valence electrons. The zero-order chi connectivity index (χ0) is 16.7. The monoisotopic (exact) mass is 310 g/mol. The molecule has 0 aliphatic heterocycles. The van der Waals surface area contributed by atoms with Gasteiger partial charge in [-0.05, 0) is 19.1 Å². The third-order valence-corrected chi connectivity index (χ3v) is 2.75. The van der Waals surface area contributed by atoms with Crippen LogP contribution in [0.5, 0.6) is 11.5 Å². The zero-order valence-corrected chi connectivity index (χ0v) is 12.8. The van der Waals surface area contributed by atoms with Crippen LogP contribution in [0.4, 0.5) is 4.79 Å². The molecule has 1 aromatic rings. The van der Waals surface area contributed by atoms with Gasteiger partial charge in [-0.1, -0.05) is 0 Å². The molecule has 3 amide bonds. The molecule has 1 atom stereocenters. The molecule has 0 saturated carbocycles. The molecule has 22 heavy (non-hydrogen) atoms. The molecule has 0 heterocycles. The van der Waals surface area contributed by atoms with Crippen molar-refractivity contribution < 1.29 is 28.6 Å². The summed E-state index contributed by atoms with van der Waals surface area (Å²) >= 11 is 0. The Morgan fingerprint density at radius 3 is 2.36 bits per heavy atom. The van der Waals surface area contributed by atoms with Gasteiger partial charge in [0.05, 0.1) is 14.2 Å². The first-order valence-corrected chi connectivity index (χ1v) is 6.38. The number of amides is 3. The van der Waals surface area contributed by atoms with Crippen LogP contribution in [0.3, 0.4) is 0 Å². The molecule has 8 heteroatoms. The van der Waals surface area contributed by atoms with E-state index in [4.69, 9.17) is 14.2 Å². The number of carbonyl (C=O) groups excluding carboxylic acids is 3. The van der Waals surface area contributed by atoms with Gasteiger partial charge in [0.25, 0.3) is 5.91 Å². The van der Waals surface area contributed by atoms with Crippen LogP contribution in [-0.4, -0.2) is 45.3 Å². The van der Waals surface area contributed by atoms with Crippen LogP contribution < -0.4 is 20.1 Å². The van der Waals surface area contributed by atoms with Crippen LogP contribution in [-0.2, 0) is 9.53 Å². The van der Waals surface area contributed by atoms with E-state index in [1.807, 2.05) is 5.32 Å². The second kappa shape index (κ2) is 7.87. The number of carbonyl (C=O) groups is 3. The minimum Gasteiger partial charge on any atom is -0.497 e. The van der Waals surface area contributed by atoms with Crippen molar-refractivity contribution in [3.8, 4) is 11.5 Å². The van der Waals surface area contributed by atoms with E-state index in [9.17, 15) is 14.4 Å². The van der Waals surface area contributed by atoms with Crippen molar-refractivity contribution in [3.63, 3.8) is 0 Å². The fourth-order valence-corrected chi connectivity index (χ4v) is 1.52. The van der Waals surface area contributed by atoms with E-state index in [0.717, 1.165) is 0 Å². The standard InChI is InChI=1S/C14H18N2O6/c1-8(12(17)16-14(19)15-2)22-13(18)10-6-5-9(20-3)7-11(10)21-4/h5-8H,1-4H3,(H2,15,16,17,19). The third kappa shape index (κ3) is 4.37. The Morgan fingerprint density at radius 2 is 1.82 bits per heavy atom. The van der Waals surface area contributed by atoms with Crippen molar-refractivity contribution in [1.29, 1.82) is 0 Å². The van der Waals surface area contributed by atoms with Gasteiger partial charge in [0, 0.05) is 13.1 Å². The lowest BCUT2D eigenvalue weighted by molar-refractivity contribution is -0.127. The highest BCUT2D eigenvalue weighted by Gasteiger charge is 2.22. The van der Waals surface area contributed by atoms with E-state index in [-0.39, 0.29) is 11.3 Å². The number of rotatable bonds is 5. The van der Waals surface area contributed by atoms with E-state index < -0.39 is 24.0 Å². The predicted molar refractivity (Wildman–Crippen MR) is 77.0 cm³/mol. The maximum absolute atomic E-state index is 12.1. The minimum atomic E-state index is -1.14. The van der Waals surface area contributed by atoms with E-state index in [0.29, 0.717) is 5.75 Å². The van der Waals surface area contributed by atoms with Crippen LogP contribution in [0.2, 0.25) is 0 Å². The van der Waals surface area contributed by atoms with Crippen molar-refractivity contribution in [1.82, 2.24) is 10.6 Å². The Balaban J connectivity index is 2.80. The molecule has 0 bridgehead atoms. The quantitative estimate of drug-likeness (QED) is 0.776. The molecule has 0 aromatic heterocycles. The molecule has 8 nitrogen and oxygen atoms in total. The molecule has 0 radical (unpaired) electrons. The molecular weight excluding hydrogens is 292 g/mol. The first-order valence-electron chi connectivity index (χ1n) is 6.38. The van der Waals surface area contributed by atoms with Gasteiger partial charge in [-0.2, -0.15) is 0 Å². The molecule has 0 aliphatic rings. The fraction of sp³-hybridized carbons (Fsp3) is 0.357. The molecule has 2 N–H and O–H groups in total. The van der Waals surface area contributed by atoms with Gasteiger partial charge in [-0.25, -0.2) is 9.59 Å². The number of imide groups is 1. The number of benzene rings is 1. The molecule has 1 unspecified atom stereocenters. The number of ether oxygens (including phenoxy) is 3. The van der Waals surface area contributed by atoms with E-state index in [1.54, 1.807) is 6.07 Å². The van der Waals surface area contributed by atoms with Gasteiger partial charge < -0.3 is 19.5 Å². The summed E-state index contributed by atoms with van der Waals surface area (Å²) in [6, 6.07) is 3.86. The van der Waals surface area contributed by atoms with Gasteiger partial charge in [0.15, 0.2) is 6.10 Å². The van der Waals surface area contributed by atoms with Crippen molar-refractivity contribution in [2.75, 3.05) is 21.3 Å². The second-order valence-electron chi connectivity index (χ2n) is 4.18. The third-order valence-electron chi connectivity index (χ3n) is 2.75. The van der Waals surface area contributed by atoms with E-state index in [1.165, 1.54) is 40.3 Å². The molecule has 0 saturated heterocycles. The average molecular weight is 310 g/mol. The number of urea groups is 1. The molecule has 1 rings (SSSR count). The van der Waals surface area contributed by atoms with Crippen LogP contribution in [0.1, 0.15) is 17.3 Å². The highest BCUT2D eigenvalue weighted by Crippen LogP contribution is 2.25. The summed E-state index contributed by atoms with van der Waals surface area (Å²) in [6.07, 6.45) is -1.14. The Bertz CT molecular complexity index is 572. The van der Waals surface area contributed by atoms with Crippen LogP contribution in [0.15, 0.2) is 18.2 Å². The lowest BCUT2D eigenvalue weighted by Crippen LogP contribution is -2.43. The normalized spacial score (nSPS) is 11.1. The Labute approximate surface area is 127 Å². The predicted octanol–water partition coefficient (Wildman–Crippen LogP) is 0.705. The largest absolute Gasteiger partial charge is 0.497 e. The van der Waals surface area contributed by atoms with Gasteiger partial charge in [0.1, 0.15) is 17.1 Å². The topological polar surface area (TPSA) is 103 Å². The average Bonchev–Trinajstić information content (AvgIpc) is 2.53. The van der Waals surface area contributed by atoms with Crippen molar-refractivity contribution in [2.24, 2.45) is 0 Å². The fourth-order valence-electron chi connectivity index (χ4n) is 1.52. The Hall–Kier alpha value is -2.77. The maximum Gasteiger partial charge on any atom is 0.342 e. The molecule has 0 fully saturated rings. The number of esters is 1. The summed E-state index contributed by atoms with van der Waals surface area (Å²) in [5.41, 5.74) is 0.142. The minimum absolute atomic E-state index is 0.142. The highest BCUT2D eigenvalue weighted by atomic mass is 16.5. The summed E-state index contributed by atoms with van der Waals surface area (Å²) in [7, 11) is 4.24. The molecule has 1 aromatic carbocycles. The number of hydrogen-bond acceptors (Lipinski definition) is 6. The lowest BCUT2D eigenvalue weighted by Gasteiger charge is -2.14. The van der Waals surface area contributed by atoms with Crippen LogP contribution in [0, 0.1) is 0 Å². The van der Waals surface area contributed by atoms with Crippen molar-refractivity contribution in [3.05, 3.63) is 23.8 Å². The Kier molecular flexibility index (Phi) is 6.18. The van der Waals surface area contributed by atoms with Gasteiger partial charge >= 0.3 is 12.0 Å². The highest BCUT2D eigenvalue weighted by molar-refractivity contribution is 5.99. The molecule has 0 aliphatic carbocycles. The number of methoxy groups -OCH3 is 2. The first kappa shape index (κ1) is 17.3. The maximum atomic E-state index is 12.1. The molecular formula is C14H18N2O6. The number of hydrogen-bond donors (Lipinski definition) is 2.